The van der Waals surface area contributed by atoms with Crippen molar-refractivity contribution in [2.75, 3.05) is 7.11 Å². The Labute approximate surface area is 237 Å². The van der Waals surface area contributed by atoms with Gasteiger partial charge in [0.2, 0.25) is 5.75 Å². The van der Waals surface area contributed by atoms with Crippen LogP contribution in [0.2, 0.25) is 0 Å². The Hall–Kier alpha value is -4.37. The number of benzene rings is 2. The minimum absolute atomic E-state index is 0.0471. The summed E-state index contributed by atoms with van der Waals surface area (Å²) in [6.45, 7) is 4.96. The number of nitro benzene ring substituents is 2. The van der Waals surface area contributed by atoms with Crippen molar-refractivity contribution < 1.29 is 29.2 Å². The fraction of sp³-hybridized carbons (Fsp3) is 0.240. The fourth-order valence-electron chi connectivity index (χ4n) is 4.19. The minimum atomic E-state index is -1.04. The first-order chi connectivity index (χ1) is 18.8. The van der Waals surface area contributed by atoms with Crippen molar-refractivity contribution in [1.82, 2.24) is 4.57 Å². The van der Waals surface area contributed by atoms with Crippen molar-refractivity contribution in [2.24, 2.45) is 4.99 Å². The molecule has 1 atom stereocenters. The van der Waals surface area contributed by atoms with Gasteiger partial charge in [-0.15, -0.1) is 0 Å². The van der Waals surface area contributed by atoms with Crippen LogP contribution < -0.4 is 19.6 Å². The van der Waals surface area contributed by atoms with E-state index in [2.05, 4.69) is 20.9 Å². The van der Waals surface area contributed by atoms with Crippen LogP contribution in [0.3, 0.4) is 0 Å². The van der Waals surface area contributed by atoms with Crippen LogP contribution in [0.4, 0.5) is 11.4 Å². The standard InChI is InChI=1S/C25H21BrN4O9S/c1-11(2)39-24(33)20-12(3)27-25-28(21(20)16-9-14(26)5-6-18(16)38-4)23(32)19(40-25)8-13-7-15(29(34)35)10-17(22(13)31)30(36)37/h5-11,21,31H,1-4H3/b19-8-/t21-/m0/s1. The van der Waals surface area contributed by atoms with E-state index in [4.69, 9.17) is 9.47 Å². The van der Waals surface area contributed by atoms with Crippen molar-refractivity contribution in [1.29, 1.82) is 0 Å². The first-order valence-corrected chi connectivity index (χ1v) is 13.2. The molecule has 0 saturated carbocycles. The zero-order valence-corrected chi connectivity index (χ0v) is 23.8. The van der Waals surface area contributed by atoms with Crippen LogP contribution in [0, 0.1) is 20.2 Å². The molecule has 0 radical (unpaired) electrons. The van der Waals surface area contributed by atoms with Gasteiger partial charge in [-0.2, -0.15) is 0 Å². The molecule has 4 rings (SSSR count). The average molecular weight is 633 g/mol. The van der Waals surface area contributed by atoms with Crippen LogP contribution >= 0.6 is 27.3 Å². The summed E-state index contributed by atoms with van der Waals surface area (Å²) in [4.78, 5) is 52.7. The SMILES string of the molecule is COc1ccc(Br)cc1[C@H]1C(C(=O)OC(C)C)=C(C)N=c2s/c(=C\c3cc([N+](=O)[O-])cc([N+](=O)[O-])c3O)c(=O)n21. The highest BCUT2D eigenvalue weighted by atomic mass is 79.9. The molecular formula is C25H21BrN4O9S. The average Bonchev–Trinajstić information content (AvgIpc) is 3.17. The number of nitro groups is 2. The maximum absolute atomic E-state index is 13.8. The van der Waals surface area contributed by atoms with Gasteiger partial charge < -0.3 is 14.6 Å². The highest BCUT2D eigenvalue weighted by molar-refractivity contribution is 9.10. The predicted octanol–water partition coefficient (Wildman–Crippen LogP) is 3.48. The molecule has 208 valence electrons. The summed E-state index contributed by atoms with van der Waals surface area (Å²) in [6.07, 6.45) is 0.648. The smallest absolute Gasteiger partial charge is 0.338 e. The fourth-order valence-corrected chi connectivity index (χ4v) is 5.61. The molecule has 1 aromatic heterocycles. The number of ether oxygens (including phenoxy) is 2. The highest BCUT2D eigenvalue weighted by Gasteiger charge is 2.36. The molecule has 0 unspecified atom stereocenters. The molecule has 0 fully saturated rings. The van der Waals surface area contributed by atoms with Crippen LogP contribution in [-0.4, -0.2) is 38.7 Å². The zero-order chi connectivity index (χ0) is 29.5. The number of non-ortho nitro benzene ring substituents is 1. The van der Waals surface area contributed by atoms with Crippen LogP contribution in [0.15, 0.2) is 55.9 Å². The second-order valence-corrected chi connectivity index (χ2v) is 10.8. The number of aromatic hydroxyl groups is 1. The summed E-state index contributed by atoms with van der Waals surface area (Å²) >= 11 is 4.30. The molecule has 2 aromatic carbocycles. The second kappa shape index (κ2) is 11.0. The first-order valence-electron chi connectivity index (χ1n) is 11.6. The van der Waals surface area contributed by atoms with Crippen molar-refractivity contribution in [2.45, 2.75) is 32.9 Å². The number of phenolic OH excluding ortho intramolecular Hbond substituents is 1. The molecule has 2 heterocycles. The Bertz CT molecular complexity index is 1790. The van der Waals surface area contributed by atoms with Crippen LogP contribution in [-0.2, 0) is 9.53 Å². The summed E-state index contributed by atoms with van der Waals surface area (Å²) in [5.74, 6) is -1.16. The Morgan fingerprint density at radius 1 is 1.23 bits per heavy atom. The molecule has 1 N–H and O–H groups in total. The second-order valence-electron chi connectivity index (χ2n) is 8.84. The molecule has 0 bridgehead atoms. The lowest BCUT2D eigenvalue weighted by Crippen LogP contribution is -2.40. The largest absolute Gasteiger partial charge is 0.502 e. The molecule has 3 aromatic rings. The van der Waals surface area contributed by atoms with Crippen molar-refractivity contribution >= 4 is 50.7 Å². The third-order valence-electron chi connectivity index (χ3n) is 5.87. The number of nitrogens with zero attached hydrogens (tertiary/aromatic N) is 4. The molecular weight excluding hydrogens is 612 g/mol. The van der Waals surface area contributed by atoms with E-state index in [9.17, 15) is 34.9 Å². The molecule has 1 aliphatic rings. The van der Waals surface area contributed by atoms with E-state index in [1.807, 2.05) is 0 Å². The number of carbonyl (C=O) groups is 1. The van der Waals surface area contributed by atoms with Gasteiger partial charge in [-0.25, -0.2) is 9.79 Å². The van der Waals surface area contributed by atoms with E-state index in [1.54, 1.807) is 39.0 Å². The Morgan fingerprint density at radius 2 is 1.93 bits per heavy atom. The van der Waals surface area contributed by atoms with Crippen molar-refractivity contribution in [3.63, 3.8) is 0 Å². The molecule has 0 aliphatic carbocycles. The number of thiazole rings is 1. The quantitative estimate of drug-likeness (QED) is 0.232. The van der Waals surface area contributed by atoms with E-state index in [0.717, 1.165) is 23.5 Å². The van der Waals surface area contributed by atoms with Gasteiger partial charge in [-0.05, 0) is 45.0 Å². The Kier molecular flexibility index (Phi) is 7.88. The lowest BCUT2D eigenvalue weighted by molar-refractivity contribution is -0.394. The number of phenols is 1. The molecule has 15 heteroatoms. The van der Waals surface area contributed by atoms with Crippen molar-refractivity contribution in [3.05, 3.63) is 97.1 Å². The number of esters is 1. The number of allylic oxidation sites excluding steroid dienone is 1. The molecule has 13 nitrogen and oxygen atoms in total. The molecule has 40 heavy (non-hydrogen) atoms. The zero-order valence-electron chi connectivity index (χ0n) is 21.4. The molecule has 0 amide bonds. The van der Waals surface area contributed by atoms with Crippen LogP contribution in [0.25, 0.3) is 6.08 Å². The number of rotatable bonds is 7. The number of halogens is 1. The number of carbonyl (C=O) groups excluding carboxylic acids is 1. The summed E-state index contributed by atoms with van der Waals surface area (Å²) in [6, 6.07) is 5.60. The molecule has 0 spiro atoms. The first kappa shape index (κ1) is 28.6. The maximum atomic E-state index is 13.8. The Morgan fingerprint density at radius 3 is 2.52 bits per heavy atom. The lowest BCUT2D eigenvalue weighted by Gasteiger charge is -2.26. The summed E-state index contributed by atoms with van der Waals surface area (Å²) in [5.41, 5.74) is -1.67. The van der Waals surface area contributed by atoms with Crippen LogP contribution in [0.1, 0.15) is 37.9 Å². The summed E-state index contributed by atoms with van der Waals surface area (Å²) < 4.78 is 12.9. The Balaban J connectivity index is 2.05. The third-order valence-corrected chi connectivity index (χ3v) is 7.35. The number of fused-ring (bicyclic) bond motifs is 1. The van der Waals surface area contributed by atoms with Gasteiger partial charge in [0.05, 0.1) is 44.9 Å². The summed E-state index contributed by atoms with van der Waals surface area (Å²) in [7, 11) is 1.44. The van der Waals surface area contributed by atoms with Gasteiger partial charge in [-0.3, -0.25) is 29.6 Å². The number of hydrogen-bond donors (Lipinski definition) is 1. The van der Waals surface area contributed by atoms with E-state index in [-0.39, 0.29) is 20.5 Å². The molecule has 0 saturated heterocycles. The van der Waals surface area contributed by atoms with Gasteiger partial charge in [0.15, 0.2) is 4.80 Å². The van der Waals surface area contributed by atoms with Gasteiger partial charge in [-0.1, -0.05) is 27.3 Å². The van der Waals surface area contributed by atoms with Gasteiger partial charge in [0.1, 0.15) is 11.8 Å². The maximum Gasteiger partial charge on any atom is 0.338 e. The molecule has 1 aliphatic heterocycles. The van der Waals surface area contributed by atoms with E-state index < -0.39 is 50.6 Å². The minimum Gasteiger partial charge on any atom is -0.502 e. The normalized spacial score (nSPS) is 15.1. The number of methoxy groups -OCH3 is 1. The van der Waals surface area contributed by atoms with Crippen molar-refractivity contribution in [3.8, 4) is 11.5 Å². The highest BCUT2D eigenvalue weighted by Crippen LogP contribution is 2.38. The van der Waals surface area contributed by atoms with E-state index >= 15 is 0 Å². The number of hydrogen-bond acceptors (Lipinski definition) is 11. The monoisotopic (exact) mass is 632 g/mol. The lowest BCUT2D eigenvalue weighted by atomic mass is 9.95. The predicted molar refractivity (Wildman–Crippen MR) is 147 cm³/mol. The topological polar surface area (TPSA) is 176 Å². The van der Waals surface area contributed by atoms with E-state index in [0.29, 0.717) is 27.5 Å². The van der Waals surface area contributed by atoms with Gasteiger partial charge in [0.25, 0.3) is 11.2 Å². The van der Waals surface area contributed by atoms with Crippen LogP contribution in [0.5, 0.6) is 11.5 Å². The number of aromatic nitrogens is 1. The summed E-state index contributed by atoms with van der Waals surface area (Å²) in [5, 5.41) is 33.2. The van der Waals surface area contributed by atoms with E-state index in [1.165, 1.54) is 11.7 Å². The van der Waals surface area contributed by atoms with Gasteiger partial charge in [0, 0.05) is 21.7 Å². The third kappa shape index (κ3) is 5.24. The van der Waals surface area contributed by atoms with Gasteiger partial charge >= 0.3 is 11.7 Å².